The van der Waals surface area contributed by atoms with Gasteiger partial charge in [0.2, 0.25) is 5.91 Å². The monoisotopic (exact) mass is 298 g/mol. The van der Waals surface area contributed by atoms with Crippen molar-refractivity contribution >= 4 is 5.91 Å². The predicted octanol–water partition coefficient (Wildman–Crippen LogP) is 2.71. The normalized spacial score (nSPS) is 23.6. The molecule has 0 unspecified atom stereocenters. The van der Waals surface area contributed by atoms with E-state index >= 15 is 0 Å². The zero-order chi connectivity index (χ0) is 15.8. The molecule has 2 N–H and O–H groups in total. The molecular weight excluding hydrogens is 281 g/mol. The number of alkyl halides is 3. The second-order valence-electron chi connectivity index (χ2n) is 5.28. The highest BCUT2D eigenvalue weighted by atomic mass is 19.4. The third-order valence-corrected chi connectivity index (χ3v) is 3.72. The first-order valence-electron chi connectivity index (χ1n) is 6.58. The van der Waals surface area contributed by atoms with E-state index in [0.717, 1.165) is 11.1 Å². The van der Waals surface area contributed by atoms with Gasteiger partial charge in [-0.15, -0.1) is 0 Å². The van der Waals surface area contributed by atoms with E-state index < -0.39 is 24.7 Å². The fraction of sp³-hybridized carbons (Fsp3) is 0.400. The summed E-state index contributed by atoms with van der Waals surface area (Å²) in [5, 5.41) is 0. The average molecular weight is 298 g/mol. The van der Waals surface area contributed by atoms with Gasteiger partial charge >= 0.3 is 6.18 Å². The predicted molar refractivity (Wildman–Crippen MR) is 73.4 cm³/mol. The van der Waals surface area contributed by atoms with E-state index in [1.54, 1.807) is 0 Å². The van der Waals surface area contributed by atoms with Crippen LogP contribution in [-0.2, 0) is 4.79 Å². The number of halogens is 3. The molecule has 1 saturated heterocycles. The highest BCUT2D eigenvalue weighted by Crippen LogP contribution is 2.37. The molecule has 0 spiro atoms. The lowest BCUT2D eigenvalue weighted by molar-refractivity contribution is -0.160. The Labute approximate surface area is 121 Å². The maximum Gasteiger partial charge on any atom is 0.406 e. The number of amides is 1. The first-order valence-corrected chi connectivity index (χ1v) is 6.58. The quantitative estimate of drug-likeness (QED) is 0.912. The number of carbonyl (C=O) groups excluding carboxylic acids is 1. The van der Waals surface area contributed by atoms with Crippen LogP contribution < -0.4 is 5.73 Å². The lowest BCUT2D eigenvalue weighted by Gasteiger charge is -2.38. The summed E-state index contributed by atoms with van der Waals surface area (Å²) in [6.45, 7) is 4.24. The molecule has 2 atom stereocenters. The third kappa shape index (κ3) is 3.26. The number of allylic oxidation sites excluding steroid dienone is 1. The minimum absolute atomic E-state index is 0.160. The van der Waals surface area contributed by atoms with E-state index in [1.807, 2.05) is 31.2 Å². The lowest BCUT2D eigenvalue weighted by atomic mass is 9.83. The second-order valence-corrected chi connectivity index (χ2v) is 5.28. The Morgan fingerprint density at radius 2 is 2.00 bits per heavy atom. The fourth-order valence-corrected chi connectivity index (χ4v) is 2.66. The smallest absolute Gasteiger partial charge is 0.320 e. The van der Waals surface area contributed by atoms with Crippen LogP contribution in [0.5, 0.6) is 0 Å². The van der Waals surface area contributed by atoms with E-state index in [-0.39, 0.29) is 18.0 Å². The van der Waals surface area contributed by atoms with Gasteiger partial charge in [0.1, 0.15) is 6.54 Å². The molecule has 1 fully saturated rings. The van der Waals surface area contributed by atoms with Gasteiger partial charge in [0.25, 0.3) is 0 Å². The molecule has 0 radical (unpaired) electrons. The molecule has 1 aromatic rings. The van der Waals surface area contributed by atoms with E-state index in [0.29, 0.717) is 4.90 Å². The molecule has 0 bridgehead atoms. The number of hydrogen-bond acceptors (Lipinski definition) is 2. The highest BCUT2D eigenvalue weighted by molar-refractivity contribution is 5.85. The molecule has 1 heterocycles. The Morgan fingerprint density at radius 1 is 1.38 bits per heavy atom. The summed E-state index contributed by atoms with van der Waals surface area (Å²) in [5.41, 5.74) is 7.69. The van der Waals surface area contributed by atoms with Crippen LogP contribution >= 0.6 is 0 Å². The van der Waals surface area contributed by atoms with Crippen molar-refractivity contribution < 1.29 is 18.0 Å². The molecular formula is C15H17F3N2O. The van der Waals surface area contributed by atoms with Crippen LogP contribution in [0.2, 0.25) is 0 Å². The van der Waals surface area contributed by atoms with Crippen LogP contribution in [0.1, 0.15) is 23.5 Å². The topological polar surface area (TPSA) is 46.3 Å². The minimum Gasteiger partial charge on any atom is -0.320 e. The van der Waals surface area contributed by atoms with Crippen molar-refractivity contribution in [2.24, 2.45) is 5.73 Å². The minimum atomic E-state index is -4.48. The Bertz CT molecular complexity index is 568. The molecule has 0 saturated carbocycles. The van der Waals surface area contributed by atoms with Crippen LogP contribution in [0.3, 0.4) is 0 Å². The number of nitrogens with zero attached hydrogens (tertiary/aromatic N) is 1. The summed E-state index contributed by atoms with van der Waals surface area (Å²) in [5.74, 6) is -1.09. The lowest BCUT2D eigenvalue weighted by Crippen LogP contribution is -2.52. The van der Waals surface area contributed by atoms with Gasteiger partial charge in [0.05, 0.1) is 6.04 Å². The molecule has 21 heavy (non-hydrogen) atoms. The number of aryl methyl sites for hydroxylation is 1. The summed E-state index contributed by atoms with van der Waals surface area (Å²) in [6.07, 6.45) is -4.21. The van der Waals surface area contributed by atoms with Crippen LogP contribution in [0.25, 0.3) is 0 Å². The van der Waals surface area contributed by atoms with Crippen molar-refractivity contribution in [3.63, 3.8) is 0 Å². The number of hydrogen-bond donors (Lipinski definition) is 1. The van der Waals surface area contributed by atoms with Gasteiger partial charge in [0.15, 0.2) is 0 Å². The second kappa shape index (κ2) is 5.52. The molecule has 3 nitrogen and oxygen atoms in total. The molecule has 1 aliphatic rings. The summed E-state index contributed by atoms with van der Waals surface area (Å²) in [6, 6.07) is 6.43. The fourth-order valence-electron chi connectivity index (χ4n) is 2.66. The standard InChI is InChI=1S/C15H17F3N2O/c1-9-5-3-4-6-11(9)12-7-13(19)14(21)20(10(12)2)8-15(16,17)18/h3-6,12-13H,2,7-8,19H2,1H3/t12-,13+/m1/s1. The van der Waals surface area contributed by atoms with E-state index in [4.69, 9.17) is 5.73 Å². The summed E-state index contributed by atoms with van der Waals surface area (Å²) >= 11 is 0. The van der Waals surface area contributed by atoms with Crippen molar-refractivity contribution in [2.75, 3.05) is 6.54 Å². The number of benzene rings is 1. The summed E-state index contributed by atoms with van der Waals surface area (Å²) in [4.78, 5) is 12.6. The van der Waals surface area contributed by atoms with Gasteiger partial charge < -0.3 is 10.6 Å². The van der Waals surface area contributed by atoms with Crippen LogP contribution in [0.15, 0.2) is 36.5 Å². The summed E-state index contributed by atoms with van der Waals surface area (Å²) in [7, 11) is 0. The number of nitrogens with two attached hydrogens (primary N) is 1. The molecule has 1 amide bonds. The van der Waals surface area contributed by atoms with Crippen molar-refractivity contribution in [2.45, 2.75) is 31.5 Å². The number of piperidine rings is 1. The molecule has 2 rings (SSSR count). The zero-order valence-corrected chi connectivity index (χ0v) is 11.7. The Hall–Kier alpha value is -1.82. The van der Waals surface area contributed by atoms with Crippen molar-refractivity contribution in [3.05, 3.63) is 47.7 Å². The largest absolute Gasteiger partial charge is 0.406 e. The SMILES string of the molecule is C=C1[C@H](c2ccccc2C)C[C@H](N)C(=O)N1CC(F)(F)F. The first-order chi connectivity index (χ1) is 9.70. The van der Waals surface area contributed by atoms with Gasteiger partial charge in [-0.1, -0.05) is 30.8 Å². The van der Waals surface area contributed by atoms with Crippen LogP contribution in [0.4, 0.5) is 13.2 Å². The average Bonchev–Trinajstić information content (AvgIpc) is 2.39. The van der Waals surface area contributed by atoms with E-state index in [2.05, 4.69) is 6.58 Å². The van der Waals surface area contributed by atoms with Crippen molar-refractivity contribution in [3.8, 4) is 0 Å². The zero-order valence-electron chi connectivity index (χ0n) is 11.7. The molecule has 1 aliphatic heterocycles. The Balaban J connectivity index is 2.35. The molecule has 0 aliphatic carbocycles. The van der Waals surface area contributed by atoms with Crippen LogP contribution in [-0.4, -0.2) is 29.6 Å². The van der Waals surface area contributed by atoms with Crippen molar-refractivity contribution in [1.82, 2.24) is 4.90 Å². The highest BCUT2D eigenvalue weighted by Gasteiger charge is 2.42. The molecule has 1 aromatic carbocycles. The van der Waals surface area contributed by atoms with Gasteiger partial charge in [-0.05, 0) is 24.5 Å². The number of rotatable bonds is 2. The number of carbonyl (C=O) groups is 1. The van der Waals surface area contributed by atoms with Crippen LogP contribution in [0, 0.1) is 6.92 Å². The van der Waals surface area contributed by atoms with Gasteiger partial charge in [-0.2, -0.15) is 13.2 Å². The van der Waals surface area contributed by atoms with E-state index in [1.165, 1.54) is 0 Å². The maximum atomic E-state index is 12.6. The Kier molecular flexibility index (Phi) is 4.09. The van der Waals surface area contributed by atoms with Gasteiger partial charge in [-0.3, -0.25) is 4.79 Å². The maximum absolute atomic E-state index is 12.6. The number of likely N-dealkylation sites (tertiary alicyclic amines) is 1. The van der Waals surface area contributed by atoms with Crippen molar-refractivity contribution in [1.29, 1.82) is 0 Å². The first kappa shape index (κ1) is 15.6. The van der Waals surface area contributed by atoms with Gasteiger partial charge in [-0.25, -0.2) is 0 Å². The summed E-state index contributed by atoms with van der Waals surface area (Å²) < 4.78 is 37.9. The molecule has 6 heteroatoms. The third-order valence-electron chi connectivity index (χ3n) is 3.72. The molecule has 114 valence electrons. The molecule has 0 aromatic heterocycles. The van der Waals surface area contributed by atoms with E-state index in [9.17, 15) is 18.0 Å². The Morgan fingerprint density at radius 3 is 2.57 bits per heavy atom. The van der Waals surface area contributed by atoms with Gasteiger partial charge in [0, 0.05) is 11.6 Å².